The third-order valence-electron chi connectivity index (χ3n) is 2.97. The molecule has 2 aromatic carbocycles. The molecule has 0 fully saturated rings. The van der Waals surface area contributed by atoms with E-state index < -0.39 is 0 Å². The van der Waals surface area contributed by atoms with Crippen molar-refractivity contribution in [3.8, 4) is 5.75 Å². The van der Waals surface area contributed by atoms with Crippen molar-refractivity contribution in [1.29, 1.82) is 0 Å². The summed E-state index contributed by atoms with van der Waals surface area (Å²) in [4.78, 5) is 0. The molecule has 0 aliphatic rings. The second-order valence-corrected chi connectivity index (χ2v) is 5.47. The number of hydrogen-bond acceptors (Lipinski definition) is 3. The SMILES string of the molecule is CC(N)Cc1cc(Cl)ccc1OCOCc1ccccc1. The largest absolute Gasteiger partial charge is 0.467 e. The lowest BCUT2D eigenvalue weighted by Gasteiger charge is -2.13. The highest BCUT2D eigenvalue weighted by molar-refractivity contribution is 6.30. The van der Waals surface area contributed by atoms with Crippen LogP contribution in [0, 0.1) is 0 Å². The lowest BCUT2D eigenvalue weighted by atomic mass is 10.1. The molecule has 0 heterocycles. The van der Waals surface area contributed by atoms with Crippen LogP contribution in [0.2, 0.25) is 5.02 Å². The summed E-state index contributed by atoms with van der Waals surface area (Å²) in [7, 11) is 0. The predicted molar refractivity (Wildman–Crippen MR) is 85.5 cm³/mol. The summed E-state index contributed by atoms with van der Waals surface area (Å²) in [5.74, 6) is 0.768. The van der Waals surface area contributed by atoms with Crippen LogP contribution >= 0.6 is 11.6 Å². The van der Waals surface area contributed by atoms with Crippen molar-refractivity contribution in [3.63, 3.8) is 0 Å². The van der Waals surface area contributed by atoms with E-state index in [0.717, 1.165) is 16.9 Å². The number of hydrogen-bond donors (Lipinski definition) is 1. The van der Waals surface area contributed by atoms with Crippen molar-refractivity contribution >= 4 is 11.6 Å². The van der Waals surface area contributed by atoms with Gasteiger partial charge in [-0.25, -0.2) is 0 Å². The molecule has 1 unspecified atom stereocenters. The summed E-state index contributed by atoms with van der Waals surface area (Å²) in [6.45, 7) is 2.68. The third kappa shape index (κ3) is 5.38. The van der Waals surface area contributed by atoms with E-state index in [4.69, 9.17) is 26.8 Å². The zero-order valence-corrected chi connectivity index (χ0v) is 12.8. The number of nitrogens with two attached hydrogens (primary N) is 1. The van der Waals surface area contributed by atoms with Gasteiger partial charge in [-0.1, -0.05) is 41.9 Å². The first-order valence-corrected chi connectivity index (χ1v) is 7.31. The van der Waals surface area contributed by atoms with Crippen molar-refractivity contribution in [3.05, 3.63) is 64.7 Å². The molecule has 21 heavy (non-hydrogen) atoms. The van der Waals surface area contributed by atoms with Crippen LogP contribution in [0.25, 0.3) is 0 Å². The molecule has 3 nitrogen and oxygen atoms in total. The summed E-state index contributed by atoms with van der Waals surface area (Å²) in [6.07, 6.45) is 0.717. The Labute approximate surface area is 130 Å². The smallest absolute Gasteiger partial charge is 0.189 e. The van der Waals surface area contributed by atoms with Gasteiger partial charge in [0, 0.05) is 11.1 Å². The Morgan fingerprint density at radius 1 is 1.14 bits per heavy atom. The molecule has 0 radical (unpaired) electrons. The maximum atomic E-state index is 6.01. The first kappa shape index (κ1) is 15.8. The molecular formula is C17H20ClNO2. The zero-order valence-electron chi connectivity index (χ0n) is 12.1. The number of halogens is 1. The normalized spacial score (nSPS) is 12.1. The first-order chi connectivity index (χ1) is 10.1. The summed E-state index contributed by atoms with van der Waals surface area (Å²) < 4.78 is 11.2. The molecular weight excluding hydrogens is 286 g/mol. The van der Waals surface area contributed by atoms with Crippen LogP contribution in [-0.4, -0.2) is 12.8 Å². The Kier molecular flexibility index (Phi) is 6.05. The van der Waals surface area contributed by atoms with Gasteiger partial charge in [0.2, 0.25) is 0 Å². The van der Waals surface area contributed by atoms with Crippen LogP contribution in [0.1, 0.15) is 18.1 Å². The fraction of sp³-hybridized carbons (Fsp3) is 0.294. The van der Waals surface area contributed by atoms with Gasteiger partial charge in [-0.2, -0.15) is 0 Å². The van der Waals surface area contributed by atoms with E-state index in [0.29, 0.717) is 18.1 Å². The Morgan fingerprint density at radius 3 is 2.62 bits per heavy atom. The van der Waals surface area contributed by atoms with Crippen LogP contribution in [0.4, 0.5) is 0 Å². The van der Waals surface area contributed by atoms with Crippen molar-refractivity contribution in [2.24, 2.45) is 5.73 Å². The summed E-state index contributed by atoms with van der Waals surface area (Å²) >= 11 is 6.01. The van der Waals surface area contributed by atoms with Gasteiger partial charge < -0.3 is 15.2 Å². The molecule has 0 spiro atoms. The monoisotopic (exact) mass is 305 g/mol. The second-order valence-electron chi connectivity index (χ2n) is 5.03. The topological polar surface area (TPSA) is 44.5 Å². The molecule has 0 saturated heterocycles. The summed E-state index contributed by atoms with van der Waals surface area (Å²) in [5.41, 5.74) is 7.96. The third-order valence-corrected chi connectivity index (χ3v) is 3.21. The Balaban J connectivity index is 1.87. The molecule has 112 valence electrons. The number of ether oxygens (including phenoxy) is 2. The van der Waals surface area contributed by atoms with Gasteiger partial charge in [-0.15, -0.1) is 0 Å². The minimum absolute atomic E-state index is 0.0519. The van der Waals surface area contributed by atoms with E-state index in [1.54, 1.807) is 6.07 Å². The first-order valence-electron chi connectivity index (χ1n) is 6.93. The van der Waals surface area contributed by atoms with Gasteiger partial charge in [0.1, 0.15) is 5.75 Å². The van der Waals surface area contributed by atoms with Crippen molar-refractivity contribution in [1.82, 2.24) is 0 Å². The molecule has 4 heteroatoms. The highest BCUT2D eigenvalue weighted by Crippen LogP contribution is 2.24. The molecule has 0 aliphatic heterocycles. The zero-order chi connectivity index (χ0) is 15.1. The predicted octanol–water partition coefficient (Wildman–Crippen LogP) is 3.78. The minimum atomic E-state index is 0.0519. The number of benzene rings is 2. The maximum Gasteiger partial charge on any atom is 0.189 e. The van der Waals surface area contributed by atoms with Gasteiger partial charge >= 0.3 is 0 Å². The fourth-order valence-corrected chi connectivity index (χ4v) is 2.23. The van der Waals surface area contributed by atoms with Crippen molar-refractivity contribution < 1.29 is 9.47 Å². The average Bonchev–Trinajstić information content (AvgIpc) is 2.46. The molecule has 0 amide bonds. The second kappa shape index (κ2) is 8.03. The van der Waals surface area contributed by atoms with Crippen LogP contribution in [0.5, 0.6) is 5.75 Å². The highest BCUT2D eigenvalue weighted by atomic mass is 35.5. The van der Waals surface area contributed by atoms with Crippen LogP contribution in [0.3, 0.4) is 0 Å². The molecule has 1 atom stereocenters. The van der Waals surface area contributed by atoms with E-state index in [1.165, 1.54) is 0 Å². The summed E-state index contributed by atoms with van der Waals surface area (Å²) in [6, 6.07) is 15.6. The minimum Gasteiger partial charge on any atom is -0.467 e. The Hall–Kier alpha value is -1.55. The fourth-order valence-electron chi connectivity index (χ4n) is 2.03. The average molecular weight is 306 g/mol. The molecule has 0 aromatic heterocycles. The van der Waals surface area contributed by atoms with Crippen molar-refractivity contribution in [2.45, 2.75) is 26.0 Å². The Morgan fingerprint density at radius 2 is 1.90 bits per heavy atom. The molecule has 0 aliphatic carbocycles. The van der Waals surface area contributed by atoms with E-state index >= 15 is 0 Å². The van der Waals surface area contributed by atoms with Gasteiger partial charge in [-0.3, -0.25) is 0 Å². The van der Waals surface area contributed by atoms with E-state index in [2.05, 4.69) is 0 Å². The van der Waals surface area contributed by atoms with Crippen molar-refractivity contribution in [2.75, 3.05) is 6.79 Å². The molecule has 2 rings (SSSR count). The van der Waals surface area contributed by atoms with Gasteiger partial charge in [0.15, 0.2) is 6.79 Å². The molecule has 0 bridgehead atoms. The van der Waals surface area contributed by atoms with Crippen LogP contribution in [-0.2, 0) is 17.8 Å². The lowest BCUT2D eigenvalue weighted by Crippen LogP contribution is -2.18. The van der Waals surface area contributed by atoms with Gasteiger partial charge in [-0.05, 0) is 42.7 Å². The van der Waals surface area contributed by atoms with Gasteiger partial charge in [0.05, 0.1) is 6.61 Å². The molecule has 2 aromatic rings. The molecule has 0 saturated carbocycles. The van der Waals surface area contributed by atoms with Gasteiger partial charge in [0.25, 0.3) is 0 Å². The molecule has 2 N–H and O–H groups in total. The quantitative estimate of drug-likeness (QED) is 0.625. The summed E-state index contributed by atoms with van der Waals surface area (Å²) in [5, 5.41) is 0.684. The lowest BCUT2D eigenvalue weighted by molar-refractivity contribution is 0.00451. The maximum absolute atomic E-state index is 6.01. The standard InChI is InChI=1S/C17H20ClNO2/c1-13(19)9-15-10-16(18)7-8-17(15)21-12-20-11-14-5-3-2-4-6-14/h2-8,10,13H,9,11-12,19H2,1H3. The van der Waals surface area contributed by atoms with Crippen LogP contribution < -0.4 is 10.5 Å². The van der Waals surface area contributed by atoms with E-state index in [-0.39, 0.29) is 12.8 Å². The van der Waals surface area contributed by atoms with E-state index in [9.17, 15) is 0 Å². The van der Waals surface area contributed by atoms with E-state index in [1.807, 2.05) is 49.4 Å². The number of rotatable bonds is 7. The Bertz CT molecular complexity index is 558. The van der Waals surface area contributed by atoms with Crippen LogP contribution in [0.15, 0.2) is 48.5 Å². The highest BCUT2D eigenvalue weighted by Gasteiger charge is 2.07.